The van der Waals surface area contributed by atoms with Gasteiger partial charge < -0.3 is 35.6 Å². The molecule has 6 N–H and O–H groups in total. The summed E-state index contributed by atoms with van der Waals surface area (Å²) in [5.74, 6) is -4.45. The molecule has 1 fully saturated rings. The molecule has 0 spiro atoms. The van der Waals surface area contributed by atoms with Gasteiger partial charge in [0, 0.05) is 22.4 Å². The third-order valence-electron chi connectivity index (χ3n) is 5.83. The zero-order valence-corrected chi connectivity index (χ0v) is 25.4. The molecule has 3 aromatic rings. The Morgan fingerprint density at radius 3 is 2.48 bits per heavy atom. The van der Waals surface area contributed by atoms with Crippen molar-refractivity contribution in [2.45, 2.75) is 22.8 Å². The second kappa shape index (κ2) is 14.1. The summed E-state index contributed by atoms with van der Waals surface area (Å²) in [6.45, 7) is 0. The molecule has 1 aromatic carbocycles. The van der Waals surface area contributed by atoms with Crippen LogP contribution >= 0.6 is 34.9 Å². The standard InChI is InChI=1S/C22H19N7O7S3.C2HF3O2/c1-35-28-13(12-8-38-21(23)24-12)16(31)25-14-18(32)29-15(20(33)34)10(6-37-19(14)29)7-39-22-27-26-17(36-22)9-2-4-11(30)5-3-9;3-2(4,5)1(6)7/h2-5,8,14,19,30H,6-7H2,1H3,(H2,23,24)(H,25,31)(H,33,34);(H,6,7)/b28-13-;/t14-,19-;/m1./s1. The number of fused-ring (bicyclic) bond motifs is 1. The molecule has 22 heteroatoms. The van der Waals surface area contributed by atoms with Crippen molar-refractivity contribution in [3.8, 4) is 17.2 Å². The fraction of sp³-hybridized carbons (Fsp3) is 0.250. The normalized spacial score (nSPS) is 17.8. The molecule has 2 aliphatic heterocycles. The smallest absolute Gasteiger partial charge is 0.490 e. The number of benzene rings is 1. The Morgan fingerprint density at radius 2 is 1.91 bits per heavy atom. The van der Waals surface area contributed by atoms with Crippen LogP contribution in [0.25, 0.3) is 11.5 Å². The van der Waals surface area contributed by atoms with Crippen LogP contribution in [-0.4, -0.2) is 101 Å². The number of alkyl halides is 3. The first-order valence-electron chi connectivity index (χ1n) is 12.3. The minimum absolute atomic E-state index is 0.102. The van der Waals surface area contributed by atoms with E-state index in [1.807, 2.05) is 0 Å². The molecule has 0 bridgehead atoms. The van der Waals surface area contributed by atoms with Crippen LogP contribution in [0.15, 0.2) is 55.7 Å². The van der Waals surface area contributed by atoms with Gasteiger partial charge in [-0.25, -0.2) is 14.6 Å². The SMILES string of the molecule is CO/N=C(\C(=O)N[C@@H]1C(=O)N2C(C(=O)O)=C(CSc3nnc(-c4ccc(O)cc4)o3)CS[C@H]12)c1csc(N)n1.O=C(O)C(F)(F)F. The molecule has 2 aliphatic rings. The van der Waals surface area contributed by atoms with E-state index in [9.17, 15) is 37.8 Å². The predicted octanol–water partition coefficient (Wildman–Crippen LogP) is 2.00. The number of amides is 2. The van der Waals surface area contributed by atoms with Gasteiger partial charge in [-0.15, -0.1) is 33.3 Å². The molecule has 0 aliphatic carbocycles. The van der Waals surface area contributed by atoms with E-state index >= 15 is 0 Å². The minimum Gasteiger partial charge on any atom is -0.508 e. The lowest BCUT2D eigenvalue weighted by atomic mass is 10.0. The van der Waals surface area contributed by atoms with E-state index in [2.05, 4.69) is 25.7 Å². The van der Waals surface area contributed by atoms with Crippen molar-refractivity contribution in [3.63, 3.8) is 0 Å². The zero-order chi connectivity index (χ0) is 33.8. The van der Waals surface area contributed by atoms with Gasteiger partial charge in [0.1, 0.15) is 35.7 Å². The van der Waals surface area contributed by atoms with E-state index in [-0.39, 0.29) is 44.9 Å². The van der Waals surface area contributed by atoms with Gasteiger partial charge in [0.2, 0.25) is 5.89 Å². The highest BCUT2D eigenvalue weighted by molar-refractivity contribution is 8.01. The number of nitrogen functional groups attached to an aromatic ring is 1. The zero-order valence-electron chi connectivity index (χ0n) is 22.9. The molecule has 46 heavy (non-hydrogen) atoms. The number of anilines is 1. The number of carbonyl (C=O) groups is 4. The number of nitrogens with two attached hydrogens (primary N) is 1. The van der Waals surface area contributed by atoms with Gasteiger partial charge in [-0.2, -0.15) is 13.2 Å². The van der Waals surface area contributed by atoms with Gasteiger partial charge in [-0.1, -0.05) is 16.9 Å². The molecule has 5 rings (SSSR count). The highest BCUT2D eigenvalue weighted by atomic mass is 32.2. The van der Waals surface area contributed by atoms with E-state index in [1.165, 1.54) is 41.3 Å². The number of aliphatic carboxylic acids is 2. The number of aromatic nitrogens is 3. The number of hydrogen-bond donors (Lipinski definition) is 5. The number of oxime groups is 1. The Bertz CT molecular complexity index is 1710. The number of nitrogens with one attached hydrogen (secondary N) is 1. The lowest BCUT2D eigenvalue weighted by Gasteiger charge is -2.49. The summed E-state index contributed by atoms with van der Waals surface area (Å²) in [7, 11) is 1.27. The second-order valence-electron chi connectivity index (χ2n) is 8.82. The molecule has 0 unspecified atom stereocenters. The highest BCUT2D eigenvalue weighted by Gasteiger charge is 2.54. The fourth-order valence-electron chi connectivity index (χ4n) is 3.83. The van der Waals surface area contributed by atoms with E-state index in [0.29, 0.717) is 16.9 Å². The monoisotopic (exact) mass is 703 g/mol. The number of carbonyl (C=O) groups excluding carboxylic acids is 2. The molecule has 2 aromatic heterocycles. The summed E-state index contributed by atoms with van der Waals surface area (Å²) in [6.07, 6.45) is -5.08. The van der Waals surface area contributed by atoms with Crippen molar-refractivity contribution in [2.24, 2.45) is 5.16 Å². The van der Waals surface area contributed by atoms with Gasteiger partial charge in [0.05, 0.1) is 0 Å². The molecule has 244 valence electrons. The molecular formula is C24H20F3N7O9S3. The van der Waals surface area contributed by atoms with Crippen molar-refractivity contribution in [3.05, 3.63) is 46.6 Å². The first kappa shape index (κ1) is 34.1. The van der Waals surface area contributed by atoms with Gasteiger partial charge >= 0.3 is 18.1 Å². The van der Waals surface area contributed by atoms with Crippen molar-refractivity contribution in [1.82, 2.24) is 25.4 Å². The molecule has 16 nitrogen and oxygen atoms in total. The van der Waals surface area contributed by atoms with Crippen molar-refractivity contribution >= 4 is 69.5 Å². The quantitative estimate of drug-likeness (QED) is 0.0926. The fourth-order valence-corrected chi connectivity index (χ4v) is 6.63. The van der Waals surface area contributed by atoms with Crippen LogP contribution in [0.4, 0.5) is 18.3 Å². The summed E-state index contributed by atoms with van der Waals surface area (Å²) >= 11 is 3.57. The molecule has 4 heterocycles. The largest absolute Gasteiger partial charge is 0.508 e. The van der Waals surface area contributed by atoms with E-state index in [4.69, 9.17) is 24.9 Å². The number of halogens is 3. The average molecular weight is 704 g/mol. The molecule has 2 amide bonds. The Kier molecular flexibility index (Phi) is 10.4. The summed E-state index contributed by atoms with van der Waals surface area (Å²) in [6, 6.07) is 5.27. The summed E-state index contributed by atoms with van der Waals surface area (Å²) in [5, 5.41) is 42.1. The van der Waals surface area contributed by atoms with Crippen LogP contribution in [0.3, 0.4) is 0 Å². The molecule has 1 saturated heterocycles. The number of carboxylic acids is 2. The average Bonchev–Trinajstić information content (AvgIpc) is 3.66. The van der Waals surface area contributed by atoms with Crippen molar-refractivity contribution in [2.75, 3.05) is 24.3 Å². The lowest BCUT2D eigenvalue weighted by Crippen LogP contribution is -2.71. The Balaban J connectivity index is 0.000000617. The first-order valence-corrected chi connectivity index (χ1v) is 15.2. The maximum atomic E-state index is 13.0. The molecule has 0 radical (unpaired) electrons. The molecular weight excluding hydrogens is 683 g/mol. The van der Waals surface area contributed by atoms with Crippen molar-refractivity contribution < 1.29 is 56.9 Å². The Hall–Kier alpha value is -4.83. The minimum atomic E-state index is -5.08. The number of carboxylic acid groups (broad SMARTS) is 2. The number of thioether (sulfide) groups is 2. The maximum absolute atomic E-state index is 13.0. The Morgan fingerprint density at radius 1 is 1.24 bits per heavy atom. The van der Waals surface area contributed by atoms with Gasteiger partial charge in [-0.3, -0.25) is 14.5 Å². The molecule has 2 atom stereocenters. The number of rotatable bonds is 9. The van der Waals surface area contributed by atoms with Crippen LogP contribution < -0.4 is 11.1 Å². The Labute approximate surface area is 267 Å². The van der Waals surface area contributed by atoms with Gasteiger partial charge in [0.25, 0.3) is 17.0 Å². The molecule has 0 saturated carbocycles. The van der Waals surface area contributed by atoms with Crippen LogP contribution in [0.5, 0.6) is 5.75 Å². The number of phenolic OH excluding ortho intramolecular Hbond substituents is 1. The van der Waals surface area contributed by atoms with Gasteiger partial charge in [0.15, 0.2) is 10.8 Å². The maximum Gasteiger partial charge on any atom is 0.490 e. The summed E-state index contributed by atoms with van der Waals surface area (Å²) in [5.41, 5.74) is 6.65. The number of thiazole rings is 1. The topological polar surface area (TPSA) is 244 Å². The second-order valence-corrected chi connectivity index (χ2v) is 11.7. The van der Waals surface area contributed by atoms with E-state index in [0.717, 1.165) is 23.1 Å². The van der Waals surface area contributed by atoms with Gasteiger partial charge in [-0.05, 0) is 29.8 Å². The highest BCUT2D eigenvalue weighted by Crippen LogP contribution is 2.41. The third-order valence-corrected chi connectivity index (χ3v) is 8.75. The summed E-state index contributed by atoms with van der Waals surface area (Å²) in [4.78, 5) is 56.9. The number of aromatic hydroxyl groups is 1. The summed E-state index contributed by atoms with van der Waals surface area (Å²) < 4.78 is 37.4. The van der Waals surface area contributed by atoms with E-state index < -0.39 is 41.3 Å². The number of phenols is 1. The predicted molar refractivity (Wildman–Crippen MR) is 156 cm³/mol. The van der Waals surface area contributed by atoms with Crippen LogP contribution in [0.1, 0.15) is 5.69 Å². The van der Waals surface area contributed by atoms with Crippen molar-refractivity contribution in [1.29, 1.82) is 0 Å². The van der Waals surface area contributed by atoms with Crippen LogP contribution in [-0.2, 0) is 24.0 Å². The lowest BCUT2D eigenvalue weighted by molar-refractivity contribution is -0.192. The first-order chi connectivity index (χ1) is 21.7. The van der Waals surface area contributed by atoms with Crippen LogP contribution in [0.2, 0.25) is 0 Å². The number of nitrogens with zero attached hydrogens (tertiary/aromatic N) is 5. The third kappa shape index (κ3) is 7.69. The van der Waals surface area contributed by atoms with Crippen LogP contribution in [0, 0.1) is 0 Å². The van der Waals surface area contributed by atoms with E-state index in [1.54, 1.807) is 12.1 Å². The number of hydrogen-bond acceptors (Lipinski definition) is 15. The number of β-lactam (4-membered cyclic amide) rings is 1.